The number of carbonyl (C=O) groups is 1. The molecule has 0 amide bonds. The van der Waals surface area contributed by atoms with Crippen LogP contribution < -0.4 is 0 Å². The Hall–Kier alpha value is -2.70. The molecule has 114 valence electrons. The number of hydrogen-bond acceptors (Lipinski definition) is 2. The molecule has 0 aromatic heterocycles. The zero-order chi connectivity index (χ0) is 16.3. The van der Waals surface area contributed by atoms with E-state index in [0.717, 1.165) is 18.3 Å². The Morgan fingerprint density at radius 1 is 1.14 bits per heavy atom. The Kier molecular flexibility index (Phi) is 4.25. The standard InChI is InChI=1S/C15H9F4NO2/c16-13-4-2-1-3-9(13)8-20-10-5-6-11(14(21)22)12(7-10)15(17,18)19/h1-8H,(H,21,22). The number of aliphatic imine (C=N–C) groups is 1. The number of halogens is 4. The van der Waals surface area contributed by atoms with Gasteiger partial charge in [0.2, 0.25) is 0 Å². The molecule has 0 radical (unpaired) electrons. The molecule has 0 aliphatic rings. The first kappa shape index (κ1) is 15.7. The molecule has 3 nitrogen and oxygen atoms in total. The lowest BCUT2D eigenvalue weighted by Crippen LogP contribution is -2.12. The highest BCUT2D eigenvalue weighted by atomic mass is 19.4. The van der Waals surface area contributed by atoms with Crippen LogP contribution in [-0.4, -0.2) is 17.3 Å². The minimum Gasteiger partial charge on any atom is -0.478 e. The van der Waals surface area contributed by atoms with E-state index in [-0.39, 0.29) is 11.3 Å². The van der Waals surface area contributed by atoms with Crippen LogP contribution in [0.25, 0.3) is 0 Å². The van der Waals surface area contributed by atoms with E-state index in [1.54, 1.807) is 6.07 Å². The van der Waals surface area contributed by atoms with E-state index in [1.165, 1.54) is 18.2 Å². The highest BCUT2D eigenvalue weighted by Gasteiger charge is 2.35. The fraction of sp³-hybridized carbons (Fsp3) is 0.0667. The Balaban J connectivity index is 2.42. The third-order valence-corrected chi connectivity index (χ3v) is 2.80. The molecular formula is C15H9F4NO2. The van der Waals surface area contributed by atoms with Gasteiger partial charge in [0, 0.05) is 11.8 Å². The van der Waals surface area contributed by atoms with E-state index >= 15 is 0 Å². The van der Waals surface area contributed by atoms with Crippen molar-refractivity contribution in [3.8, 4) is 0 Å². The average Bonchev–Trinajstić information content (AvgIpc) is 2.45. The lowest BCUT2D eigenvalue weighted by molar-refractivity contribution is -0.138. The predicted octanol–water partition coefficient (Wildman–Crippen LogP) is 4.29. The van der Waals surface area contributed by atoms with Crippen LogP contribution >= 0.6 is 0 Å². The van der Waals surface area contributed by atoms with Crippen LogP contribution in [0.15, 0.2) is 47.5 Å². The van der Waals surface area contributed by atoms with E-state index in [9.17, 15) is 22.4 Å². The van der Waals surface area contributed by atoms with Gasteiger partial charge >= 0.3 is 12.1 Å². The summed E-state index contributed by atoms with van der Waals surface area (Å²) in [5.74, 6) is -2.25. The Labute approximate surface area is 122 Å². The second kappa shape index (κ2) is 5.97. The maximum absolute atomic E-state index is 13.4. The van der Waals surface area contributed by atoms with Crippen molar-refractivity contribution in [2.24, 2.45) is 4.99 Å². The minimum atomic E-state index is -4.82. The minimum absolute atomic E-state index is 0.110. The van der Waals surface area contributed by atoms with Gasteiger partial charge in [-0.3, -0.25) is 4.99 Å². The van der Waals surface area contributed by atoms with E-state index in [1.807, 2.05) is 0 Å². The molecule has 2 aromatic rings. The van der Waals surface area contributed by atoms with Crippen LogP contribution in [-0.2, 0) is 6.18 Å². The average molecular weight is 311 g/mol. The van der Waals surface area contributed by atoms with Crippen molar-refractivity contribution < 1.29 is 27.5 Å². The van der Waals surface area contributed by atoms with Gasteiger partial charge < -0.3 is 5.11 Å². The van der Waals surface area contributed by atoms with E-state index in [4.69, 9.17) is 5.11 Å². The van der Waals surface area contributed by atoms with Crippen LogP contribution in [0.1, 0.15) is 21.5 Å². The van der Waals surface area contributed by atoms with Crippen LogP contribution in [0.5, 0.6) is 0 Å². The topological polar surface area (TPSA) is 49.7 Å². The molecule has 0 bridgehead atoms. The van der Waals surface area contributed by atoms with Crippen molar-refractivity contribution in [2.75, 3.05) is 0 Å². The number of hydrogen-bond donors (Lipinski definition) is 1. The summed E-state index contributed by atoms with van der Waals surface area (Å²) in [4.78, 5) is 14.6. The molecule has 2 rings (SSSR count). The number of aromatic carboxylic acids is 1. The van der Waals surface area contributed by atoms with Crippen molar-refractivity contribution in [1.29, 1.82) is 0 Å². The second-order valence-corrected chi connectivity index (χ2v) is 4.31. The quantitative estimate of drug-likeness (QED) is 0.679. The number of rotatable bonds is 3. The Morgan fingerprint density at radius 2 is 1.82 bits per heavy atom. The van der Waals surface area contributed by atoms with Crippen LogP contribution in [0, 0.1) is 5.82 Å². The molecule has 2 aromatic carbocycles. The van der Waals surface area contributed by atoms with Crippen LogP contribution in [0.4, 0.5) is 23.2 Å². The van der Waals surface area contributed by atoms with Gasteiger partial charge in [-0.05, 0) is 24.3 Å². The molecule has 0 unspecified atom stereocenters. The largest absolute Gasteiger partial charge is 0.478 e. The van der Waals surface area contributed by atoms with Gasteiger partial charge in [-0.15, -0.1) is 0 Å². The van der Waals surface area contributed by atoms with Gasteiger partial charge in [-0.2, -0.15) is 13.2 Å². The van der Waals surface area contributed by atoms with E-state index in [0.29, 0.717) is 6.07 Å². The molecular weight excluding hydrogens is 302 g/mol. The first-order valence-electron chi connectivity index (χ1n) is 6.02. The summed E-state index contributed by atoms with van der Waals surface area (Å²) in [5, 5.41) is 8.78. The fourth-order valence-electron chi connectivity index (χ4n) is 1.76. The number of carboxylic acid groups (broad SMARTS) is 1. The summed E-state index contributed by atoms with van der Waals surface area (Å²) in [6.45, 7) is 0. The Morgan fingerprint density at radius 3 is 2.41 bits per heavy atom. The normalized spacial score (nSPS) is 11.8. The summed E-state index contributed by atoms with van der Waals surface area (Å²) in [7, 11) is 0. The van der Waals surface area contributed by atoms with Gasteiger partial charge in [0.1, 0.15) is 5.82 Å². The predicted molar refractivity (Wildman–Crippen MR) is 72.1 cm³/mol. The highest BCUT2D eigenvalue weighted by molar-refractivity contribution is 5.90. The lowest BCUT2D eigenvalue weighted by atomic mass is 10.1. The summed E-state index contributed by atoms with van der Waals surface area (Å²) >= 11 is 0. The van der Waals surface area contributed by atoms with Crippen LogP contribution in [0.2, 0.25) is 0 Å². The molecule has 0 heterocycles. The van der Waals surface area contributed by atoms with Crippen molar-refractivity contribution in [1.82, 2.24) is 0 Å². The third kappa shape index (κ3) is 3.49. The van der Waals surface area contributed by atoms with E-state index < -0.39 is 29.1 Å². The molecule has 0 saturated heterocycles. The maximum Gasteiger partial charge on any atom is 0.417 e. The lowest BCUT2D eigenvalue weighted by Gasteiger charge is -2.10. The Bertz CT molecular complexity index is 739. The number of benzene rings is 2. The molecule has 0 saturated carbocycles. The molecule has 0 atom stereocenters. The number of alkyl halides is 3. The van der Waals surface area contributed by atoms with Crippen molar-refractivity contribution in [3.05, 3.63) is 65.0 Å². The summed E-state index contributed by atoms with van der Waals surface area (Å²) in [6.07, 6.45) is -3.75. The molecule has 22 heavy (non-hydrogen) atoms. The molecule has 0 fully saturated rings. The summed E-state index contributed by atoms with van der Waals surface area (Å²) < 4.78 is 51.9. The fourth-order valence-corrected chi connectivity index (χ4v) is 1.76. The van der Waals surface area contributed by atoms with Gasteiger partial charge in [0.25, 0.3) is 0 Å². The van der Waals surface area contributed by atoms with Crippen molar-refractivity contribution in [2.45, 2.75) is 6.18 Å². The highest BCUT2D eigenvalue weighted by Crippen LogP contribution is 2.34. The van der Waals surface area contributed by atoms with Gasteiger partial charge in [-0.1, -0.05) is 18.2 Å². The second-order valence-electron chi connectivity index (χ2n) is 4.31. The zero-order valence-corrected chi connectivity index (χ0v) is 10.9. The molecule has 0 spiro atoms. The van der Waals surface area contributed by atoms with Gasteiger partial charge in [0.05, 0.1) is 16.8 Å². The molecule has 1 N–H and O–H groups in total. The van der Waals surface area contributed by atoms with E-state index in [2.05, 4.69) is 4.99 Å². The third-order valence-electron chi connectivity index (χ3n) is 2.80. The van der Waals surface area contributed by atoms with Crippen molar-refractivity contribution >= 4 is 17.9 Å². The van der Waals surface area contributed by atoms with Gasteiger partial charge in [-0.25, -0.2) is 9.18 Å². The molecule has 0 aliphatic heterocycles. The van der Waals surface area contributed by atoms with Crippen molar-refractivity contribution in [3.63, 3.8) is 0 Å². The maximum atomic E-state index is 13.4. The summed E-state index contributed by atoms with van der Waals surface area (Å²) in [5.41, 5.74) is -2.18. The first-order valence-corrected chi connectivity index (χ1v) is 6.02. The first-order chi connectivity index (χ1) is 10.3. The molecule has 7 heteroatoms. The van der Waals surface area contributed by atoms with Crippen LogP contribution in [0.3, 0.4) is 0 Å². The summed E-state index contributed by atoms with van der Waals surface area (Å²) in [6, 6.07) is 8.18. The number of nitrogens with zero attached hydrogens (tertiary/aromatic N) is 1. The van der Waals surface area contributed by atoms with Gasteiger partial charge in [0.15, 0.2) is 0 Å². The zero-order valence-electron chi connectivity index (χ0n) is 10.9. The molecule has 0 aliphatic carbocycles. The smallest absolute Gasteiger partial charge is 0.417 e. The SMILES string of the molecule is O=C(O)c1ccc(N=Cc2ccccc2F)cc1C(F)(F)F. The monoisotopic (exact) mass is 311 g/mol. The number of carboxylic acids is 1.